The Morgan fingerprint density at radius 1 is 1.26 bits per heavy atom. The van der Waals surface area contributed by atoms with Gasteiger partial charge in [0.15, 0.2) is 0 Å². The Balaban J connectivity index is 1.56. The molecule has 1 aromatic carbocycles. The molecule has 1 aliphatic rings. The zero-order valence-electron chi connectivity index (χ0n) is 11.0. The maximum absolute atomic E-state index is 10.3. The van der Waals surface area contributed by atoms with E-state index in [1.54, 1.807) is 0 Å². The summed E-state index contributed by atoms with van der Waals surface area (Å²) < 4.78 is 5.28. The van der Waals surface area contributed by atoms with E-state index < -0.39 is 5.60 Å². The SMILES string of the molecule is OC1(CNCc2ccc3[nH]ccc3c2)CCOCC1. The maximum atomic E-state index is 10.3. The van der Waals surface area contributed by atoms with Crippen LogP contribution in [0.25, 0.3) is 10.9 Å². The van der Waals surface area contributed by atoms with Crippen molar-refractivity contribution in [2.75, 3.05) is 19.8 Å². The van der Waals surface area contributed by atoms with Crippen molar-refractivity contribution in [3.8, 4) is 0 Å². The third kappa shape index (κ3) is 2.97. The highest BCUT2D eigenvalue weighted by atomic mass is 16.5. The lowest BCUT2D eigenvalue weighted by molar-refractivity contribution is -0.0617. The minimum atomic E-state index is -0.601. The summed E-state index contributed by atoms with van der Waals surface area (Å²) in [6, 6.07) is 8.45. The Morgan fingerprint density at radius 2 is 2.11 bits per heavy atom. The van der Waals surface area contributed by atoms with E-state index in [0.717, 1.165) is 24.9 Å². The molecule has 1 aromatic heterocycles. The van der Waals surface area contributed by atoms with Gasteiger partial charge in [-0.05, 0) is 29.1 Å². The van der Waals surface area contributed by atoms with Gasteiger partial charge in [0.25, 0.3) is 0 Å². The largest absolute Gasteiger partial charge is 0.388 e. The first-order valence-corrected chi connectivity index (χ1v) is 6.82. The van der Waals surface area contributed by atoms with E-state index in [2.05, 4.69) is 34.6 Å². The van der Waals surface area contributed by atoms with Crippen LogP contribution < -0.4 is 5.32 Å². The lowest BCUT2D eigenvalue weighted by Gasteiger charge is -2.32. The first-order valence-electron chi connectivity index (χ1n) is 6.82. The van der Waals surface area contributed by atoms with E-state index in [0.29, 0.717) is 19.8 Å². The van der Waals surface area contributed by atoms with Crippen LogP contribution in [0.3, 0.4) is 0 Å². The summed E-state index contributed by atoms with van der Waals surface area (Å²) >= 11 is 0. The van der Waals surface area contributed by atoms with E-state index in [1.807, 2.05) is 6.20 Å². The van der Waals surface area contributed by atoms with Gasteiger partial charge in [0.2, 0.25) is 0 Å². The molecule has 0 unspecified atom stereocenters. The standard InChI is InChI=1S/C15H20N2O2/c18-15(4-7-19-8-5-15)11-16-10-12-1-2-14-13(9-12)3-6-17-14/h1-3,6,9,16-18H,4-5,7-8,10-11H2. The van der Waals surface area contributed by atoms with Crippen molar-refractivity contribution in [2.45, 2.75) is 25.0 Å². The highest BCUT2D eigenvalue weighted by Gasteiger charge is 2.28. The molecule has 0 amide bonds. The van der Waals surface area contributed by atoms with Crippen LogP contribution >= 0.6 is 0 Å². The highest BCUT2D eigenvalue weighted by molar-refractivity contribution is 5.79. The molecule has 19 heavy (non-hydrogen) atoms. The van der Waals surface area contributed by atoms with Crippen molar-refractivity contribution in [2.24, 2.45) is 0 Å². The Hall–Kier alpha value is -1.36. The Kier molecular flexibility index (Phi) is 3.55. The lowest BCUT2D eigenvalue weighted by atomic mass is 9.94. The van der Waals surface area contributed by atoms with E-state index in [9.17, 15) is 5.11 Å². The van der Waals surface area contributed by atoms with Crippen molar-refractivity contribution in [3.05, 3.63) is 36.0 Å². The second-order valence-electron chi connectivity index (χ2n) is 5.34. The van der Waals surface area contributed by atoms with E-state index in [-0.39, 0.29) is 0 Å². The molecule has 4 nitrogen and oxygen atoms in total. The smallest absolute Gasteiger partial charge is 0.0815 e. The van der Waals surface area contributed by atoms with Crippen molar-refractivity contribution >= 4 is 10.9 Å². The number of H-pyrrole nitrogens is 1. The van der Waals surface area contributed by atoms with Crippen LogP contribution in [0.5, 0.6) is 0 Å². The van der Waals surface area contributed by atoms with E-state index >= 15 is 0 Å². The van der Waals surface area contributed by atoms with Crippen molar-refractivity contribution in [3.63, 3.8) is 0 Å². The summed E-state index contributed by atoms with van der Waals surface area (Å²) in [6.07, 6.45) is 3.39. The lowest BCUT2D eigenvalue weighted by Crippen LogP contribution is -2.44. The number of hydrogen-bond donors (Lipinski definition) is 3. The number of fused-ring (bicyclic) bond motifs is 1. The predicted octanol–water partition coefficient (Wildman–Crippen LogP) is 1.80. The Labute approximate surface area is 112 Å². The second-order valence-corrected chi connectivity index (χ2v) is 5.34. The van der Waals surface area contributed by atoms with Crippen LogP contribution in [-0.4, -0.2) is 35.5 Å². The molecule has 1 fully saturated rings. The second kappa shape index (κ2) is 5.33. The van der Waals surface area contributed by atoms with Crippen molar-refractivity contribution < 1.29 is 9.84 Å². The zero-order chi connectivity index (χ0) is 13.1. The fourth-order valence-corrected chi connectivity index (χ4v) is 2.58. The summed E-state index contributed by atoms with van der Waals surface area (Å²) in [7, 11) is 0. The molecule has 0 spiro atoms. The van der Waals surface area contributed by atoms with Crippen molar-refractivity contribution in [1.29, 1.82) is 0 Å². The van der Waals surface area contributed by atoms with Gasteiger partial charge < -0.3 is 20.1 Å². The third-order valence-corrected chi connectivity index (χ3v) is 3.82. The molecule has 4 heteroatoms. The van der Waals surface area contributed by atoms with Gasteiger partial charge in [-0.25, -0.2) is 0 Å². The maximum Gasteiger partial charge on any atom is 0.0815 e. The number of aromatic nitrogens is 1. The molecule has 1 aliphatic heterocycles. The average molecular weight is 260 g/mol. The first kappa shape index (κ1) is 12.7. The number of benzene rings is 1. The van der Waals surface area contributed by atoms with Gasteiger partial charge in [0, 0.05) is 50.9 Å². The number of aromatic amines is 1. The molecule has 0 atom stereocenters. The van der Waals surface area contributed by atoms with Crippen LogP contribution in [-0.2, 0) is 11.3 Å². The molecule has 1 saturated heterocycles. The highest BCUT2D eigenvalue weighted by Crippen LogP contribution is 2.19. The minimum Gasteiger partial charge on any atom is -0.388 e. The molecule has 3 rings (SSSR count). The predicted molar refractivity (Wildman–Crippen MR) is 75.0 cm³/mol. The molecule has 2 heterocycles. The Morgan fingerprint density at radius 3 is 2.95 bits per heavy atom. The van der Waals surface area contributed by atoms with Crippen LogP contribution in [0.15, 0.2) is 30.5 Å². The number of hydrogen-bond acceptors (Lipinski definition) is 3. The van der Waals surface area contributed by atoms with Gasteiger partial charge in [-0.2, -0.15) is 0 Å². The zero-order valence-corrected chi connectivity index (χ0v) is 11.0. The fourth-order valence-electron chi connectivity index (χ4n) is 2.58. The first-order chi connectivity index (χ1) is 9.25. The van der Waals surface area contributed by atoms with Gasteiger partial charge in [0.1, 0.15) is 0 Å². The summed E-state index contributed by atoms with van der Waals surface area (Å²) in [5.41, 5.74) is 1.80. The van der Waals surface area contributed by atoms with Crippen LogP contribution in [0.1, 0.15) is 18.4 Å². The van der Waals surface area contributed by atoms with Crippen LogP contribution in [0.2, 0.25) is 0 Å². The summed E-state index contributed by atoms with van der Waals surface area (Å²) in [4.78, 5) is 3.19. The summed E-state index contributed by atoms with van der Waals surface area (Å²) in [5, 5.41) is 14.9. The molecular weight excluding hydrogens is 240 g/mol. The van der Waals surface area contributed by atoms with Gasteiger partial charge in [0.05, 0.1) is 5.60 Å². The topological polar surface area (TPSA) is 57.3 Å². The quantitative estimate of drug-likeness (QED) is 0.785. The monoisotopic (exact) mass is 260 g/mol. The number of rotatable bonds is 4. The van der Waals surface area contributed by atoms with Crippen molar-refractivity contribution in [1.82, 2.24) is 10.3 Å². The van der Waals surface area contributed by atoms with Crippen LogP contribution in [0.4, 0.5) is 0 Å². The van der Waals surface area contributed by atoms with Gasteiger partial charge in [-0.3, -0.25) is 0 Å². The van der Waals surface area contributed by atoms with Gasteiger partial charge in [-0.1, -0.05) is 6.07 Å². The molecule has 0 radical (unpaired) electrons. The average Bonchev–Trinajstić information content (AvgIpc) is 2.87. The normalized spacial score (nSPS) is 18.8. The van der Waals surface area contributed by atoms with E-state index in [4.69, 9.17) is 4.74 Å². The molecule has 3 N–H and O–H groups in total. The minimum absolute atomic E-state index is 0.601. The van der Waals surface area contributed by atoms with Crippen LogP contribution in [0, 0.1) is 0 Å². The molecular formula is C15H20N2O2. The summed E-state index contributed by atoms with van der Waals surface area (Å²) in [6.45, 7) is 2.73. The number of aliphatic hydroxyl groups is 1. The molecule has 102 valence electrons. The molecule has 0 saturated carbocycles. The molecule has 2 aromatic rings. The van der Waals surface area contributed by atoms with Gasteiger partial charge in [-0.15, -0.1) is 0 Å². The fraction of sp³-hybridized carbons (Fsp3) is 0.467. The Bertz CT molecular complexity index is 544. The molecule has 0 aliphatic carbocycles. The number of nitrogens with one attached hydrogen (secondary N) is 2. The molecule has 0 bridgehead atoms. The van der Waals surface area contributed by atoms with E-state index in [1.165, 1.54) is 10.9 Å². The third-order valence-electron chi connectivity index (χ3n) is 3.82. The van der Waals surface area contributed by atoms with Gasteiger partial charge >= 0.3 is 0 Å². The number of ether oxygens (including phenoxy) is 1. The summed E-state index contributed by atoms with van der Waals surface area (Å²) in [5.74, 6) is 0.